The van der Waals surface area contributed by atoms with Gasteiger partial charge in [-0.05, 0) is 20.8 Å². The van der Waals surface area contributed by atoms with Gasteiger partial charge in [0.05, 0.1) is 6.10 Å². The van der Waals surface area contributed by atoms with Crippen LogP contribution in [0.5, 0.6) is 0 Å². The lowest BCUT2D eigenvalue weighted by Gasteiger charge is -2.06. The Morgan fingerprint density at radius 2 is 2.06 bits per heavy atom. The van der Waals surface area contributed by atoms with Crippen LogP contribution in [0.15, 0.2) is 13.6 Å². The second-order valence-corrected chi connectivity index (χ2v) is 3.45. The van der Waals surface area contributed by atoms with Gasteiger partial charge in [-0.25, -0.2) is 9.59 Å². The smallest absolute Gasteiger partial charge is 0.456 e. The summed E-state index contributed by atoms with van der Waals surface area (Å²) in [5, 5.41) is 0. The number of carbonyl (C=O) groups is 1. The predicted octanol–water partition coefficient (Wildman–Crippen LogP) is 1.01. The van der Waals surface area contributed by atoms with Gasteiger partial charge in [-0.2, -0.15) is 0 Å². The molecule has 16 heavy (non-hydrogen) atoms. The SMILES string of the molecule is Cc1oc(=O)oc1COC(=O)COC(C)C. The molecule has 0 saturated heterocycles. The molecule has 0 radical (unpaired) electrons. The lowest BCUT2D eigenvalue weighted by molar-refractivity contribution is -0.152. The van der Waals surface area contributed by atoms with Gasteiger partial charge < -0.3 is 18.3 Å². The van der Waals surface area contributed by atoms with Crippen LogP contribution in [0.3, 0.4) is 0 Å². The van der Waals surface area contributed by atoms with Gasteiger partial charge in [0.25, 0.3) is 0 Å². The Labute approximate surface area is 92.1 Å². The number of carbonyl (C=O) groups excluding carboxylic acids is 1. The van der Waals surface area contributed by atoms with Crippen molar-refractivity contribution in [3.05, 3.63) is 22.1 Å². The third kappa shape index (κ3) is 3.90. The summed E-state index contributed by atoms with van der Waals surface area (Å²) in [4.78, 5) is 21.8. The van der Waals surface area contributed by atoms with Gasteiger partial charge in [-0.3, -0.25) is 0 Å². The third-order valence-electron chi connectivity index (χ3n) is 1.73. The summed E-state index contributed by atoms with van der Waals surface area (Å²) < 4.78 is 19.1. The summed E-state index contributed by atoms with van der Waals surface area (Å²) in [5.74, 6) is -0.801. The summed E-state index contributed by atoms with van der Waals surface area (Å²) in [5.41, 5.74) is 0. The number of esters is 1. The maximum Gasteiger partial charge on any atom is 0.519 e. The molecule has 1 aromatic rings. The Morgan fingerprint density at radius 1 is 1.38 bits per heavy atom. The summed E-state index contributed by atoms with van der Waals surface area (Å²) in [7, 11) is 0. The minimum Gasteiger partial charge on any atom is -0.456 e. The molecular formula is C10H14O6. The lowest BCUT2D eigenvalue weighted by Crippen LogP contribution is -2.16. The molecule has 6 nitrogen and oxygen atoms in total. The van der Waals surface area contributed by atoms with Crippen molar-refractivity contribution in [2.75, 3.05) is 6.61 Å². The molecule has 1 heterocycles. The van der Waals surface area contributed by atoms with Crippen molar-refractivity contribution in [3.63, 3.8) is 0 Å². The Kier molecular flexibility index (Phi) is 4.30. The highest BCUT2D eigenvalue weighted by atomic mass is 16.6. The molecular weight excluding hydrogens is 216 g/mol. The quantitative estimate of drug-likeness (QED) is 0.702. The Bertz CT molecular complexity index is 400. The minimum atomic E-state index is -0.804. The predicted molar refractivity (Wildman–Crippen MR) is 52.9 cm³/mol. The summed E-state index contributed by atoms with van der Waals surface area (Å²) in [6.07, 6.45) is -0.0406. The molecule has 0 fully saturated rings. The van der Waals surface area contributed by atoms with E-state index < -0.39 is 11.8 Å². The Hall–Kier alpha value is -1.56. The van der Waals surface area contributed by atoms with Crippen LogP contribution in [-0.4, -0.2) is 18.7 Å². The summed E-state index contributed by atoms with van der Waals surface area (Å²) in [6.45, 7) is 4.93. The van der Waals surface area contributed by atoms with Crippen molar-refractivity contribution < 1.29 is 23.1 Å². The molecule has 0 amide bonds. The molecule has 0 aliphatic carbocycles. The first-order valence-electron chi connectivity index (χ1n) is 4.85. The second kappa shape index (κ2) is 5.50. The molecule has 0 aliphatic rings. The van der Waals surface area contributed by atoms with Gasteiger partial charge >= 0.3 is 11.8 Å². The monoisotopic (exact) mass is 230 g/mol. The molecule has 6 heteroatoms. The third-order valence-corrected chi connectivity index (χ3v) is 1.73. The van der Waals surface area contributed by atoms with E-state index in [1.165, 1.54) is 0 Å². The van der Waals surface area contributed by atoms with Crippen molar-refractivity contribution in [2.45, 2.75) is 33.5 Å². The zero-order chi connectivity index (χ0) is 12.1. The second-order valence-electron chi connectivity index (χ2n) is 3.45. The van der Waals surface area contributed by atoms with Crippen molar-refractivity contribution in [1.82, 2.24) is 0 Å². The van der Waals surface area contributed by atoms with Gasteiger partial charge in [0.1, 0.15) is 6.61 Å². The van der Waals surface area contributed by atoms with Crippen LogP contribution >= 0.6 is 0 Å². The van der Waals surface area contributed by atoms with E-state index >= 15 is 0 Å². The lowest BCUT2D eigenvalue weighted by atomic mass is 10.4. The van der Waals surface area contributed by atoms with Crippen LogP contribution < -0.4 is 5.82 Å². The van der Waals surface area contributed by atoms with Gasteiger partial charge in [-0.15, -0.1) is 0 Å². The van der Waals surface area contributed by atoms with Crippen LogP contribution in [0.2, 0.25) is 0 Å². The molecule has 0 N–H and O–H groups in total. The Balaban J connectivity index is 2.37. The first-order valence-corrected chi connectivity index (χ1v) is 4.85. The highest BCUT2D eigenvalue weighted by Gasteiger charge is 2.11. The topological polar surface area (TPSA) is 78.9 Å². The highest BCUT2D eigenvalue weighted by molar-refractivity contribution is 5.70. The van der Waals surface area contributed by atoms with Crippen LogP contribution in [0.4, 0.5) is 0 Å². The number of rotatable bonds is 5. The average molecular weight is 230 g/mol. The fourth-order valence-corrected chi connectivity index (χ4v) is 0.929. The fourth-order valence-electron chi connectivity index (χ4n) is 0.929. The fraction of sp³-hybridized carbons (Fsp3) is 0.600. The molecule has 1 aromatic heterocycles. The van der Waals surface area contributed by atoms with Crippen LogP contribution in [0.1, 0.15) is 25.4 Å². The van der Waals surface area contributed by atoms with E-state index in [1.807, 2.05) is 13.8 Å². The standard InChI is InChI=1S/C10H14O6/c1-6(2)13-5-9(11)14-4-8-7(3)15-10(12)16-8/h6H,4-5H2,1-3H3. The van der Waals surface area contributed by atoms with Crippen LogP contribution in [0.25, 0.3) is 0 Å². The van der Waals surface area contributed by atoms with Gasteiger partial charge in [0, 0.05) is 0 Å². The zero-order valence-electron chi connectivity index (χ0n) is 9.44. The largest absolute Gasteiger partial charge is 0.519 e. The number of hydrogen-bond acceptors (Lipinski definition) is 6. The number of hydrogen-bond donors (Lipinski definition) is 0. The van der Waals surface area contributed by atoms with E-state index in [9.17, 15) is 9.59 Å². The molecule has 0 bridgehead atoms. The van der Waals surface area contributed by atoms with Crippen molar-refractivity contribution in [3.8, 4) is 0 Å². The average Bonchev–Trinajstić information content (AvgIpc) is 2.51. The van der Waals surface area contributed by atoms with Crippen LogP contribution in [0, 0.1) is 6.92 Å². The highest BCUT2D eigenvalue weighted by Crippen LogP contribution is 2.06. The summed E-state index contributed by atoms with van der Waals surface area (Å²) in [6, 6.07) is 0. The first kappa shape index (κ1) is 12.5. The van der Waals surface area contributed by atoms with E-state index in [1.54, 1.807) is 6.92 Å². The molecule has 0 aromatic carbocycles. The number of ether oxygens (including phenoxy) is 2. The van der Waals surface area contributed by atoms with Crippen LogP contribution in [-0.2, 0) is 20.9 Å². The molecule has 0 saturated carbocycles. The van der Waals surface area contributed by atoms with E-state index in [0.29, 0.717) is 5.76 Å². The normalized spacial score (nSPS) is 10.8. The van der Waals surface area contributed by atoms with Gasteiger partial charge in [-0.1, -0.05) is 0 Å². The van der Waals surface area contributed by atoms with Crippen molar-refractivity contribution >= 4 is 5.97 Å². The molecule has 0 aliphatic heterocycles. The van der Waals surface area contributed by atoms with Gasteiger partial charge in [0.15, 0.2) is 18.1 Å². The number of aryl methyl sites for hydroxylation is 1. The summed E-state index contributed by atoms with van der Waals surface area (Å²) >= 11 is 0. The Morgan fingerprint density at radius 3 is 2.56 bits per heavy atom. The minimum absolute atomic E-state index is 0.0406. The molecule has 0 unspecified atom stereocenters. The molecule has 1 rings (SSSR count). The first-order chi connectivity index (χ1) is 7.49. The van der Waals surface area contributed by atoms with Crippen molar-refractivity contribution in [1.29, 1.82) is 0 Å². The van der Waals surface area contributed by atoms with E-state index in [2.05, 4.69) is 8.83 Å². The van der Waals surface area contributed by atoms with E-state index in [-0.39, 0.29) is 25.1 Å². The van der Waals surface area contributed by atoms with Crippen molar-refractivity contribution in [2.24, 2.45) is 0 Å². The molecule has 0 spiro atoms. The zero-order valence-corrected chi connectivity index (χ0v) is 9.44. The molecule has 0 atom stereocenters. The maximum atomic E-state index is 11.1. The van der Waals surface area contributed by atoms with Gasteiger partial charge in [0.2, 0.25) is 0 Å². The van der Waals surface area contributed by atoms with E-state index in [0.717, 1.165) is 0 Å². The van der Waals surface area contributed by atoms with E-state index in [4.69, 9.17) is 9.47 Å². The molecule has 90 valence electrons. The maximum absolute atomic E-state index is 11.1.